The summed E-state index contributed by atoms with van der Waals surface area (Å²) in [5.74, 6) is -2.07. The number of amides is 1. The highest BCUT2D eigenvalue weighted by atomic mass is 35.5. The van der Waals surface area contributed by atoms with Crippen molar-refractivity contribution < 1.29 is 13.6 Å². The molecule has 0 aliphatic carbocycles. The first-order chi connectivity index (χ1) is 18.8. The van der Waals surface area contributed by atoms with Gasteiger partial charge in [0.2, 0.25) is 5.91 Å². The molecule has 4 rings (SSSR count). The standard InChI is InChI=1S/C31H38Cl2F2N4O/c1-7-23(34)16-27(35)20(3)24-17-38(31(4,5)6)18-25(24)30(40)37-12-10-21(11-13-37)28-14-19(2)36-39(28)29-15-22(32)8-9-26(29)33/h7-9,14-16,21,24-25H,3,10-13,17-18H2,1-2,4-6H3/b23-7+,27-16+/t24-,25+/m0/s1. The van der Waals surface area contributed by atoms with E-state index in [-0.39, 0.29) is 22.9 Å². The van der Waals surface area contributed by atoms with Crippen LogP contribution < -0.4 is 0 Å². The Kier molecular flexibility index (Phi) is 9.28. The maximum atomic E-state index is 15.0. The summed E-state index contributed by atoms with van der Waals surface area (Å²) in [4.78, 5) is 18.0. The third kappa shape index (κ3) is 6.53. The topological polar surface area (TPSA) is 41.4 Å². The molecule has 2 atom stereocenters. The van der Waals surface area contributed by atoms with Crippen molar-refractivity contribution in [3.05, 3.63) is 81.7 Å². The van der Waals surface area contributed by atoms with Crippen LogP contribution in [0.3, 0.4) is 0 Å². The molecule has 216 valence electrons. The highest BCUT2D eigenvalue weighted by molar-refractivity contribution is 6.34. The summed E-state index contributed by atoms with van der Waals surface area (Å²) >= 11 is 12.7. The molecule has 3 heterocycles. The molecule has 1 amide bonds. The van der Waals surface area contributed by atoms with Gasteiger partial charge < -0.3 is 4.90 Å². The van der Waals surface area contributed by atoms with E-state index in [1.165, 1.54) is 13.0 Å². The van der Waals surface area contributed by atoms with E-state index in [0.29, 0.717) is 36.2 Å². The average Bonchev–Trinajstić information content (AvgIpc) is 3.53. The molecule has 2 aliphatic heterocycles. The fourth-order valence-electron chi connectivity index (χ4n) is 5.71. The van der Waals surface area contributed by atoms with Crippen LogP contribution in [0.2, 0.25) is 10.0 Å². The Balaban J connectivity index is 1.52. The van der Waals surface area contributed by atoms with Crippen molar-refractivity contribution in [2.24, 2.45) is 11.8 Å². The highest BCUT2D eigenvalue weighted by Gasteiger charge is 2.45. The van der Waals surface area contributed by atoms with Gasteiger partial charge in [0, 0.05) is 60.3 Å². The number of carbonyl (C=O) groups is 1. The van der Waals surface area contributed by atoms with Gasteiger partial charge in [0.15, 0.2) is 0 Å². The van der Waals surface area contributed by atoms with Crippen LogP contribution in [0.1, 0.15) is 57.8 Å². The van der Waals surface area contributed by atoms with Crippen molar-refractivity contribution in [1.29, 1.82) is 0 Å². The van der Waals surface area contributed by atoms with Gasteiger partial charge in [-0.15, -0.1) is 0 Å². The molecule has 40 heavy (non-hydrogen) atoms. The molecule has 2 fully saturated rings. The molecule has 0 unspecified atom stereocenters. The van der Waals surface area contributed by atoms with Crippen LogP contribution in [-0.2, 0) is 4.79 Å². The van der Waals surface area contributed by atoms with Crippen LogP contribution in [0.15, 0.2) is 60.2 Å². The molecule has 0 spiro atoms. The van der Waals surface area contributed by atoms with Gasteiger partial charge in [0.1, 0.15) is 11.7 Å². The van der Waals surface area contributed by atoms with Gasteiger partial charge in [0.25, 0.3) is 0 Å². The van der Waals surface area contributed by atoms with E-state index in [1.54, 1.807) is 12.1 Å². The fourth-order valence-corrected chi connectivity index (χ4v) is 6.07. The first kappa shape index (κ1) is 30.5. The van der Waals surface area contributed by atoms with Gasteiger partial charge in [0.05, 0.1) is 22.3 Å². The molecule has 2 aliphatic rings. The highest BCUT2D eigenvalue weighted by Crippen LogP contribution is 2.39. The number of piperidine rings is 1. The van der Waals surface area contributed by atoms with E-state index in [1.807, 2.05) is 22.6 Å². The third-order valence-electron chi connectivity index (χ3n) is 8.10. The normalized spacial score (nSPS) is 21.8. The van der Waals surface area contributed by atoms with Crippen LogP contribution in [-0.4, -0.2) is 57.2 Å². The molecule has 2 saturated heterocycles. The van der Waals surface area contributed by atoms with Gasteiger partial charge in [-0.1, -0.05) is 35.9 Å². The molecule has 5 nitrogen and oxygen atoms in total. The number of allylic oxidation sites excluding steroid dienone is 4. The largest absolute Gasteiger partial charge is 0.342 e. The maximum absolute atomic E-state index is 15.0. The molecular formula is C31H38Cl2F2N4O. The summed E-state index contributed by atoms with van der Waals surface area (Å²) in [5.41, 5.74) is 2.62. The lowest BCUT2D eigenvalue weighted by atomic mass is 9.86. The Labute approximate surface area is 246 Å². The van der Waals surface area contributed by atoms with Gasteiger partial charge in [-0.05, 0) is 77.3 Å². The van der Waals surface area contributed by atoms with E-state index >= 15 is 0 Å². The predicted octanol–water partition coefficient (Wildman–Crippen LogP) is 7.82. The van der Waals surface area contributed by atoms with Crippen LogP contribution in [0, 0.1) is 18.8 Å². The number of aryl methyl sites for hydroxylation is 1. The minimum atomic E-state index is -0.712. The summed E-state index contributed by atoms with van der Waals surface area (Å²) < 4.78 is 30.6. The van der Waals surface area contributed by atoms with Gasteiger partial charge >= 0.3 is 0 Å². The van der Waals surface area contributed by atoms with Crippen molar-refractivity contribution in [2.75, 3.05) is 26.2 Å². The van der Waals surface area contributed by atoms with Crippen molar-refractivity contribution in [1.82, 2.24) is 19.6 Å². The monoisotopic (exact) mass is 590 g/mol. The quantitative estimate of drug-likeness (QED) is 0.322. The zero-order chi connectivity index (χ0) is 29.4. The predicted molar refractivity (Wildman–Crippen MR) is 158 cm³/mol. The molecule has 2 aromatic rings. The summed E-state index contributed by atoms with van der Waals surface area (Å²) in [7, 11) is 0. The number of halogens is 4. The molecule has 1 aromatic heterocycles. The molecule has 0 saturated carbocycles. The molecule has 0 radical (unpaired) electrons. The first-order valence-corrected chi connectivity index (χ1v) is 14.5. The van der Waals surface area contributed by atoms with Gasteiger partial charge in [-0.3, -0.25) is 9.69 Å². The number of nitrogens with zero attached hydrogens (tertiary/aromatic N) is 4. The van der Waals surface area contributed by atoms with Crippen molar-refractivity contribution in [2.45, 2.75) is 58.9 Å². The zero-order valence-electron chi connectivity index (χ0n) is 23.9. The van der Waals surface area contributed by atoms with Gasteiger partial charge in [-0.25, -0.2) is 13.5 Å². The lowest BCUT2D eigenvalue weighted by Crippen LogP contribution is -2.45. The number of benzene rings is 1. The Morgan fingerprint density at radius 3 is 2.38 bits per heavy atom. The third-order valence-corrected chi connectivity index (χ3v) is 8.66. The van der Waals surface area contributed by atoms with Crippen LogP contribution >= 0.6 is 23.2 Å². The number of hydrogen-bond acceptors (Lipinski definition) is 3. The number of hydrogen-bond donors (Lipinski definition) is 0. The summed E-state index contributed by atoms with van der Waals surface area (Å²) in [6.07, 6.45) is 3.57. The Hall–Kier alpha value is -2.48. The maximum Gasteiger partial charge on any atom is 0.227 e. The van der Waals surface area contributed by atoms with E-state index in [4.69, 9.17) is 23.2 Å². The molecular weight excluding hydrogens is 553 g/mol. The van der Waals surface area contributed by atoms with Crippen molar-refractivity contribution >= 4 is 29.1 Å². The van der Waals surface area contributed by atoms with Crippen LogP contribution in [0.25, 0.3) is 5.69 Å². The summed E-state index contributed by atoms with van der Waals surface area (Å²) in [5, 5.41) is 5.83. The SMILES string of the molecule is C=C(/C(F)=C\C(F)=C/C)[C@@H]1CN(C(C)(C)C)C[C@H]1C(=O)N1CCC(c2cc(C)nn2-c2cc(Cl)ccc2Cl)CC1. The second-order valence-corrected chi connectivity index (χ2v) is 12.6. The van der Waals surface area contributed by atoms with E-state index in [9.17, 15) is 13.6 Å². The number of likely N-dealkylation sites (tertiary alicyclic amines) is 2. The van der Waals surface area contributed by atoms with Crippen LogP contribution in [0.5, 0.6) is 0 Å². The second kappa shape index (κ2) is 12.2. The Morgan fingerprint density at radius 1 is 1.10 bits per heavy atom. The first-order valence-electron chi connectivity index (χ1n) is 13.7. The number of rotatable bonds is 6. The van der Waals surface area contributed by atoms with Crippen molar-refractivity contribution in [3.63, 3.8) is 0 Å². The minimum absolute atomic E-state index is 0.00164. The van der Waals surface area contributed by atoms with Crippen LogP contribution in [0.4, 0.5) is 8.78 Å². The number of carbonyl (C=O) groups excluding carboxylic acids is 1. The lowest BCUT2D eigenvalue weighted by Gasteiger charge is -2.35. The molecule has 0 N–H and O–H groups in total. The van der Waals surface area contributed by atoms with Crippen molar-refractivity contribution in [3.8, 4) is 5.69 Å². The molecule has 9 heteroatoms. The number of aromatic nitrogens is 2. The molecule has 0 bridgehead atoms. The summed E-state index contributed by atoms with van der Waals surface area (Å²) in [6, 6.07) is 7.38. The van der Waals surface area contributed by atoms with Gasteiger partial charge in [-0.2, -0.15) is 5.10 Å². The van der Waals surface area contributed by atoms with E-state index in [2.05, 4.69) is 43.4 Å². The average molecular weight is 592 g/mol. The minimum Gasteiger partial charge on any atom is -0.342 e. The van der Waals surface area contributed by atoms with E-state index in [0.717, 1.165) is 36.0 Å². The summed E-state index contributed by atoms with van der Waals surface area (Å²) in [6.45, 7) is 15.8. The lowest BCUT2D eigenvalue weighted by molar-refractivity contribution is -0.137. The Bertz CT molecular complexity index is 1340. The van der Waals surface area contributed by atoms with E-state index < -0.39 is 23.5 Å². The fraction of sp³-hybridized carbons (Fsp3) is 0.484. The second-order valence-electron chi connectivity index (χ2n) is 11.8. The Morgan fingerprint density at radius 2 is 1.75 bits per heavy atom. The smallest absolute Gasteiger partial charge is 0.227 e. The zero-order valence-corrected chi connectivity index (χ0v) is 25.4. The molecule has 1 aromatic carbocycles.